The zero-order chi connectivity index (χ0) is 20.5. The maximum absolute atomic E-state index is 12.4. The highest BCUT2D eigenvalue weighted by Gasteiger charge is 2.30. The maximum Gasteiger partial charge on any atom is 0.310 e. The smallest absolute Gasteiger partial charge is 0.310 e. The van der Waals surface area contributed by atoms with Gasteiger partial charge in [-0.2, -0.15) is 0 Å². The van der Waals surface area contributed by atoms with Gasteiger partial charge in [-0.05, 0) is 31.9 Å². The Labute approximate surface area is 174 Å². The summed E-state index contributed by atoms with van der Waals surface area (Å²) in [6, 6.07) is 18.0. The van der Waals surface area contributed by atoms with Crippen molar-refractivity contribution in [2.24, 2.45) is 5.92 Å². The van der Waals surface area contributed by atoms with E-state index in [1.54, 1.807) is 0 Å². The van der Waals surface area contributed by atoms with E-state index in [1.165, 1.54) is 0 Å². The highest BCUT2D eigenvalue weighted by molar-refractivity contribution is 5.93. The molecule has 0 amide bonds. The van der Waals surface area contributed by atoms with Crippen LogP contribution < -0.4 is 4.90 Å². The van der Waals surface area contributed by atoms with Crippen molar-refractivity contribution in [1.29, 1.82) is 0 Å². The van der Waals surface area contributed by atoms with Crippen LogP contribution in [0.5, 0.6) is 0 Å². The average Bonchev–Trinajstić information content (AvgIpc) is 3.25. The van der Waals surface area contributed by atoms with Crippen molar-refractivity contribution in [3.05, 3.63) is 54.6 Å². The normalized spacial score (nSPS) is 16.8. The van der Waals surface area contributed by atoms with Crippen LogP contribution in [0.3, 0.4) is 0 Å². The van der Waals surface area contributed by atoms with Crippen molar-refractivity contribution in [3.63, 3.8) is 0 Å². The Bertz CT molecular complexity index is 1200. The van der Waals surface area contributed by atoms with Crippen LogP contribution in [0.15, 0.2) is 54.6 Å². The number of carbonyl (C=O) groups is 1. The molecule has 0 radical (unpaired) electrons. The topological polar surface area (TPSA) is 72.6 Å². The van der Waals surface area contributed by atoms with Crippen molar-refractivity contribution in [2.75, 3.05) is 24.6 Å². The largest absolute Gasteiger partial charge is 0.466 e. The second-order valence-corrected chi connectivity index (χ2v) is 7.51. The van der Waals surface area contributed by atoms with E-state index in [0.717, 1.165) is 53.3 Å². The van der Waals surface area contributed by atoms with Crippen LogP contribution in [-0.4, -0.2) is 45.2 Å². The Kier molecular flexibility index (Phi) is 4.78. The first kappa shape index (κ1) is 18.5. The SMILES string of the molecule is CCOC(=O)C1CCCN(c2nc3ccccc3c3nnc(-c4ccccc4)n23)C1. The zero-order valence-corrected chi connectivity index (χ0v) is 16.9. The van der Waals surface area contributed by atoms with E-state index in [-0.39, 0.29) is 11.9 Å². The monoisotopic (exact) mass is 401 g/mol. The predicted molar refractivity (Wildman–Crippen MR) is 115 cm³/mol. The summed E-state index contributed by atoms with van der Waals surface area (Å²) in [5, 5.41) is 9.98. The molecule has 30 heavy (non-hydrogen) atoms. The number of esters is 1. The molecule has 5 rings (SSSR count). The van der Waals surface area contributed by atoms with Crippen molar-refractivity contribution in [2.45, 2.75) is 19.8 Å². The number of ether oxygens (including phenoxy) is 1. The van der Waals surface area contributed by atoms with Gasteiger partial charge in [-0.1, -0.05) is 42.5 Å². The van der Waals surface area contributed by atoms with E-state index in [1.807, 2.05) is 65.9 Å². The molecule has 2 aromatic heterocycles. The van der Waals surface area contributed by atoms with E-state index in [2.05, 4.69) is 15.1 Å². The van der Waals surface area contributed by atoms with Gasteiger partial charge in [0.25, 0.3) is 0 Å². The van der Waals surface area contributed by atoms with Crippen molar-refractivity contribution in [1.82, 2.24) is 19.6 Å². The van der Waals surface area contributed by atoms with Crippen LogP contribution in [0.4, 0.5) is 5.95 Å². The number of anilines is 1. The Balaban J connectivity index is 1.68. The summed E-state index contributed by atoms with van der Waals surface area (Å²) < 4.78 is 7.30. The molecule has 7 nitrogen and oxygen atoms in total. The average molecular weight is 401 g/mol. The van der Waals surface area contributed by atoms with Crippen molar-refractivity contribution in [3.8, 4) is 11.4 Å². The molecule has 1 fully saturated rings. The van der Waals surface area contributed by atoms with Crippen LogP contribution in [0.25, 0.3) is 27.9 Å². The van der Waals surface area contributed by atoms with Gasteiger partial charge in [-0.15, -0.1) is 10.2 Å². The van der Waals surface area contributed by atoms with Crippen molar-refractivity contribution < 1.29 is 9.53 Å². The third kappa shape index (κ3) is 3.16. The van der Waals surface area contributed by atoms with Crippen LogP contribution in [0.2, 0.25) is 0 Å². The molecule has 1 aliphatic rings. The molecule has 0 saturated carbocycles. The Hall–Kier alpha value is -3.48. The standard InChI is InChI=1S/C23H23N5O2/c1-2-30-22(29)17-11-8-14-27(15-17)23-24-19-13-7-6-12-18(19)21-26-25-20(28(21)23)16-9-4-3-5-10-16/h3-7,9-10,12-13,17H,2,8,11,14-15H2,1H3. The fourth-order valence-corrected chi connectivity index (χ4v) is 4.16. The molecule has 0 N–H and O–H groups in total. The second-order valence-electron chi connectivity index (χ2n) is 7.51. The van der Waals surface area contributed by atoms with Gasteiger partial charge in [-0.3, -0.25) is 4.79 Å². The summed E-state index contributed by atoms with van der Waals surface area (Å²) >= 11 is 0. The van der Waals surface area contributed by atoms with E-state index in [4.69, 9.17) is 9.72 Å². The number of fused-ring (bicyclic) bond motifs is 3. The molecular weight excluding hydrogens is 378 g/mol. The molecule has 1 aliphatic heterocycles. The predicted octanol–water partition coefficient (Wildman–Crippen LogP) is 3.72. The summed E-state index contributed by atoms with van der Waals surface area (Å²) in [6.07, 6.45) is 1.74. The lowest BCUT2D eigenvalue weighted by Gasteiger charge is -2.32. The first-order chi connectivity index (χ1) is 14.8. The summed E-state index contributed by atoms with van der Waals surface area (Å²) in [6.45, 7) is 3.64. The molecule has 7 heteroatoms. The first-order valence-electron chi connectivity index (χ1n) is 10.4. The number of carbonyl (C=O) groups excluding carboxylic acids is 1. The number of nitrogens with zero attached hydrogens (tertiary/aromatic N) is 5. The number of aromatic nitrogens is 4. The zero-order valence-electron chi connectivity index (χ0n) is 16.9. The number of hydrogen-bond acceptors (Lipinski definition) is 6. The minimum Gasteiger partial charge on any atom is -0.466 e. The lowest BCUT2D eigenvalue weighted by atomic mass is 9.98. The quantitative estimate of drug-likeness (QED) is 0.485. The van der Waals surface area contributed by atoms with E-state index < -0.39 is 0 Å². The van der Waals surface area contributed by atoms with Gasteiger partial charge in [0.1, 0.15) is 0 Å². The van der Waals surface area contributed by atoms with Gasteiger partial charge in [0.15, 0.2) is 11.5 Å². The molecule has 3 heterocycles. The molecule has 1 atom stereocenters. The number of hydrogen-bond donors (Lipinski definition) is 0. The lowest BCUT2D eigenvalue weighted by Crippen LogP contribution is -2.40. The number of benzene rings is 2. The van der Waals surface area contributed by atoms with Gasteiger partial charge in [0.2, 0.25) is 5.95 Å². The van der Waals surface area contributed by atoms with Crippen molar-refractivity contribution >= 4 is 28.5 Å². The molecule has 1 saturated heterocycles. The minimum absolute atomic E-state index is 0.133. The summed E-state index contributed by atoms with van der Waals surface area (Å²) in [5.74, 6) is 1.23. The van der Waals surface area contributed by atoms with Crippen LogP contribution in [0, 0.1) is 5.92 Å². The highest BCUT2D eigenvalue weighted by Crippen LogP contribution is 2.30. The van der Waals surface area contributed by atoms with Crippen LogP contribution in [0.1, 0.15) is 19.8 Å². The molecule has 2 aromatic carbocycles. The van der Waals surface area contributed by atoms with Gasteiger partial charge in [0, 0.05) is 24.0 Å². The summed E-state index contributed by atoms with van der Waals surface area (Å²) in [5.41, 5.74) is 2.61. The van der Waals surface area contributed by atoms with Gasteiger partial charge < -0.3 is 9.64 Å². The Morgan fingerprint density at radius 2 is 1.90 bits per heavy atom. The fourth-order valence-electron chi connectivity index (χ4n) is 4.16. The van der Waals surface area contributed by atoms with E-state index in [9.17, 15) is 4.79 Å². The lowest BCUT2D eigenvalue weighted by molar-refractivity contribution is -0.148. The minimum atomic E-state index is -0.154. The molecular formula is C23H23N5O2. The Morgan fingerprint density at radius 1 is 1.10 bits per heavy atom. The maximum atomic E-state index is 12.4. The van der Waals surface area contributed by atoms with Gasteiger partial charge in [-0.25, -0.2) is 9.38 Å². The molecule has 0 bridgehead atoms. The third-order valence-corrected chi connectivity index (χ3v) is 5.58. The second kappa shape index (κ2) is 7.74. The molecule has 0 spiro atoms. The van der Waals surface area contributed by atoms with E-state index >= 15 is 0 Å². The summed E-state index contributed by atoms with van der Waals surface area (Å²) in [7, 11) is 0. The van der Waals surface area contributed by atoms with Crippen LogP contribution >= 0.6 is 0 Å². The molecule has 4 aromatic rings. The molecule has 0 aliphatic carbocycles. The highest BCUT2D eigenvalue weighted by atomic mass is 16.5. The molecule has 1 unspecified atom stereocenters. The first-order valence-corrected chi connectivity index (χ1v) is 10.4. The van der Waals surface area contributed by atoms with E-state index in [0.29, 0.717) is 13.2 Å². The Morgan fingerprint density at radius 3 is 2.73 bits per heavy atom. The molecule has 152 valence electrons. The third-order valence-electron chi connectivity index (χ3n) is 5.58. The number of para-hydroxylation sites is 1. The number of piperidine rings is 1. The fraction of sp³-hybridized carbons (Fsp3) is 0.304. The summed E-state index contributed by atoms with van der Waals surface area (Å²) in [4.78, 5) is 19.5. The van der Waals surface area contributed by atoms with Crippen LogP contribution in [-0.2, 0) is 9.53 Å². The number of rotatable bonds is 4. The van der Waals surface area contributed by atoms with Gasteiger partial charge >= 0.3 is 5.97 Å². The van der Waals surface area contributed by atoms with Gasteiger partial charge in [0.05, 0.1) is 18.0 Å².